The Morgan fingerprint density at radius 3 is 1.75 bits per heavy atom. The van der Waals surface area contributed by atoms with Crippen molar-refractivity contribution >= 4 is 28.1 Å². The van der Waals surface area contributed by atoms with Gasteiger partial charge >= 0.3 is 0 Å². The molecule has 4 heteroatoms. The number of imidazole rings is 1. The molecular formula is C32H22N4. The van der Waals surface area contributed by atoms with Crippen molar-refractivity contribution < 1.29 is 0 Å². The van der Waals surface area contributed by atoms with Crippen LogP contribution in [0.1, 0.15) is 5.56 Å². The van der Waals surface area contributed by atoms with Crippen molar-refractivity contribution in [1.82, 2.24) is 9.55 Å². The van der Waals surface area contributed by atoms with Crippen LogP contribution in [0.5, 0.6) is 0 Å². The highest BCUT2D eigenvalue weighted by molar-refractivity contribution is 5.84. The van der Waals surface area contributed by atoms with Crippen molar-refractivity contribution in [2.24, 2.45) is 0 Å². The second-order valence-electron chi connectivity index (χ2n) is 8.47. The summed E-state index contributed by atoms with van der Waals surface area (Å²) in [5, 5.41) is 9.21. The zero-order valence-electron chi connectivity index (χ0n) is 19.5. The molecule has 0 fully saturated rings. The van der Waals surface area contributed by atoms with Crippen LogP contribution in [-0.2, 0) is 0 Å². The lowest BCUT2D eigenvalue weighted by atomic mass is 10.1. The fraction of sp³-hybridized carbons (Fsp3) is 0. The van der Waals surface area contributed by atoms with Crippen molar-refractivity contribution in [2.45, 2.75) is 0 Å². The number of aromatic nitrogens is 2. The van der Waals surface area contributed by atoms with Gasteiger partial charge in [0, 0.05) is 28.3 Å². The molecule has 5 aromatic carbocycles. The largest absolute Gasteiger partial charge is 0.311 e. The molecule has 0 aliphatic heterocycles. The quantitative estimate of drug-likeness (QED) is 0.260. The highest BCUT2D eigenvalue weighted by Gasteiger charge is 2.16. The van der Waals surface area contributed by atoms with Crippen LogP contribution in [0, 0.1) is 11.3 Å². The summed E-state index contributed by atoms with van der Waals surface area (Å²) < 4.78 is 2.18. The molecule has 0 aliphatic rings. The molecule has 0 saturated heterocycles. The van der Waals surface area contributed by atoms with Gasteiger partial charge in [-0.05, 0) is 84.9 Å². The maximum Gasteiger partial charge on any atom is 0.145 e. The lowest BCUT2D eigenvalue weighted by Gasteiger charge is -2.25. The minimum atomic E-state index is 0.632. The lowest BCUT2D eigenvalue weighted by molar-refractivity contribution is 1.10. The minimum Gasteiger partial charge on any atom is -0.311 e. The molecule has 0 amide bonds. The van der Waals surface area contributed by atoms with Crippen LogP contribution < -0.4 is 4.90 Å². The number of hydrogen-bond donors (Lipinski definition) is 0. The monoisotopic (exact) mass is 462 g/mol. The third-order valence-corrected chi connectivity index (χ3v) is 6.23. The predicted octanol–water partition coefficient (Wildman–Crippen LogP) is 8.03. The first-order valence-electron chi connectivity index (χ1n) is 11.8. The number of fused-ring (bicyclic) bond motifs is 1. The number of nitriles is 1. The van der Waals surface area contributed by atoms with Gasteiger partial charge < -0.3 is 4.90 Å². The van der Waals surface area contributed by atoms with E-state index in [9.17, 15) is 5.26 Å². The van der Waals surface area contributed by atoms with E-state index in [4.69, 9.17) is 4.98 Å². The molecular weight excluding hydrogens is 440 g/mol. The van der Waals surface area contributed by atoms with Crippen molar-refractivity contribution in [3.05, 3.63) is 139 Å². The smallest absolute Gasteiger partial charge is 0.145 e. The van der Waals surface area contributed by atoms with Crippen LogP contribution in [0.15, 0.2) is 133 Å². The molecule has 0 atom stereocenters. The lowest BCUT2D eigenvalue weighted by Crippen LogP contribution is -2.09. The van der Waals surface area contributed by atoms with Gasteiger partial charge in [0.2, 0.25) is 0 Å². The molecule has 0 radical (unpaired) electrons. The summed E-state index contributed by atoms with van der Waals surface area (Å²) >= 11 is 0. The number of anilines is 3. The van der Waals surface area contributed by atoms with E-state index < -0.39 is 0 Å². The Hall–Kier alpha value is -5.14. The standard InChI is InChI=1S/C32H22N4/c33-23-24-15-17-25(18-16-24)32-34-30-13-7-8-14-31(30)36(32)29-21-19-28(20-22-29)35(26-9-3-1-4-10-26)27-11-5-2-6-12-27/h1-22H. The van der Waals surface area contributed by atoms with Gasteiger partial charge in [-0.2, -0.15) is 5.26 Å². The van der Waals surface area contributed by atoms with Crippen LogP contribution in [0.4, 0.5) is 17.1 Å². The molecule has 0 spiro atoms. The number of nitrogens with zero attached hydrogens (tertiary/aromatic N) is 4. The van der Waals surface area contributed by atoms with Crippen molar-refractivity contribution in [3.8, 4) is 23.1 Å². The van der Waals surface area contributed by atoms with E-state index in [0.29, 0.717) is 5.56 Å². The Bertz CT molecular complexity index is 1620. The zero-order chi connectivity index (χ0) is 24.3. The molecule has 36 heavy (non-hydrogen) atoms. The van der Waals surface area contributed by atoms with Gasteiger partial charge in [-0.3, -0.25) is 4.57 Å². The number of hydrogen-bond acceptors (Lipinski definition) is 3. The molecule has 4 nitrogen and oxygen atoms in total. The molecule has 1 aromatic heterocycles. The van der Waals surface area contributed by atoms with Gasteiger partial charge in [0.25, 0.3) is 0 Å². The Kier molecular flexibility index (Phi) is 5.50. The van der Waals surface area contributed by atoms with E-state index in [2.05, 4.69) is 94.4 Å². The summed E-state index contributed by atoms with van der Waals surface area (Å²) in [5.74, 6) is 0.844. The van der Waals surface area contributed by atoms with Crippen LogP contribution in [-0.4, -0.2) is 9.55 Å². The van der Waals surface area contributed by atoms with Crippen LogP contribution in [0.3, 0.4) is 0 Å². The van der Waals surface area contributed by atoms with Gasteiger partial charge in [-0.25, -0.2) is 4.98 Å². The topological polar surface area (TPSA) is 44.9 Å². The Labute approximate surface area is 209 Å². The molecule has 0 N–H and O–H groups in total. The van der Waals surface area contributed by atoms with Crippen molar-refractivity contribution in [1.29, 1.82) is 5.26 Å². The highest BCUT2D eigenvalue weighted by atomic mass is 15.1. The summed E-state index contributed by atoms with van der Waals surface area (Å²) in [6.07, 6.45) is 0. The maximum atomic E-state index is 9.21. The molecule has 0 aliphatic carbocycles. The van der Waals surface area contributed by atoms with E-state index in [0.717, 1.165) is 45.2 Å². The average Bonchev–Trinajstić information content (AvgIpc) is 3.34. The van der Waals surface area contributed by atoms with Crippen LogP contribution in [0.25, 0.3) is 28.1 Å². The minimum absolute atomic E-state index is 0.632. The summed E-state index contributed by atoms with van der Waals surface area (Å²) in [6, 6.07) is 47.2. The van der Waals surface area contributed by atoms with E-state index >= 15 is 0 Å². The summed E-state index contributed by atoms with van der Waals surface area (Å²) in [6.45, 7) is 0. The Balaban J connectivity index is 1.47. The molecule has 0 bridgehead atoms. The number of benzene rings is 5. The van der Waals surface area contributed by atoms with Gasteiger partial charge in [0.05, 0.1) is 22.7 Å². The van der Waals surface area contributed by atoms with Gasteiger partial charge in [0.15, 0.2) is 0 Å². The van der Waals surface area contributed by atoms with Crippen molar-refractivity contribution in [2.75, 3.05) is 4.90 Å². The van der Waals surface area contributed by atoms with E-state index in [1.165, 1.54) is 0 Å². The fourth-order valence-electron chi connectivity index (χ4n) is 4.53. The summed E-state index contributed by atoms with van der Waals surface area (Å²) in [5.41, 5.74) is 7.85. The predicted molar refractivity (Wildman–Crippen MR) is 146 cm³/mol. The second kappa shape index (κ2) is 9.25. The average molecular weight is 463 g/mol. The zero-order valence-corrected chi connectivity index (χ0v) is 19.5. The first kappa shape index (κ1) is 21.4. The first-order chi connectivity index (χ1) is 17.8. The molecule has 6 rings (SSSR count). The van der Waals surface area contributed by atoms with Gasteiger partial charge in [0.1, 0.15) is 5.82 Å². The van der Waals surface area contributed by atoms with E-state index in [-0.39, 0.29) is 0 Å². The Morgan fingerprint density at radius 2 is 1.14 bits per heavy atom. The van der Waals surface area contributed by atoms with Crippen LogP contribution in [0.2, 0.25) is 0 Å². The molecule has 0 unspecified atom stereocenters. The molecule has 0 saturated carbocycles. The summed E-state index contributed by atoms with van der Waals surface area (Å²) in [4.78, 5) is 7.18. The SMILES string of the molecule is N#Cc1ccc(-c2nc3ccccc3n2-c2ccc(N(c3ccccc3)c3ccccc3)cc2)cc1. The van der Waals surface area contributed by atoms with Gasteiger partial charge in [-0.1, -0.05) is 48.5 Å². The normalized spacial score (nSPS) is 10.8. The summed E-state index contributed by atoms with van der Waals surface area (Å²) in [7, 11) is 0. The second-order valence-corrected chi connectivity index (χ2v) is 8.47. The fourth-order valence-corrected chi connectivity index (χ4v) is 4.53. The molecule has 6 aromatic rings. The first-order valence-corrected chi connectivity index (χ1v) is 11.8. The van der Waals surface area contributed by atoms with Crippen LogP contribution >= 0.6 is 0 Å². The highest BCUT2D eigenvalue weighted by Crippen LogP contribution is 2.35. The van der Waals surface area contributed by atoms with Crippen molar-refractivity contribution in [3.63, 3.8) is 0 Å². The molecule has 170 valence electrons. The van der Waals surface area contributed by atoms with E-state index in [1.54, 1.807) is 0 Å². The van der Waals surface area contributed by atoms with Gasteiger partial charge in [-0.15, -0.1) is 0 Å². The van der Waals surface area contributed by atoms with E-state index in [1.807, 2.05) is 54.6 Å². The third-order valence-electron chi connectivity index (χ3n) is 6.23. The Morgan fingerprint density at radius 1 is 0.583 bits per heavy atom. The molecule has 1 heterocycles. The number of rotatable bonds is 5. The number of para-hydroxylation sites is 4. The maximum absolute atomic E-state index is 9.21. The third kappa shape index (κ3) is 3.89.